The number of carbonyl (C=O) groups excluding carboxylic acids is 3. The largest absolute Gasteiger partial charge is 0.485 e. The van der Waals surface area contributed by atoms with Gasteiger partial charge in [0.2, 0.25) is 5.91 Å². The molecule has 1 aliphatic rings. The molecule has 1 unspecified atom stereocenters. The maximum atomic E-state index is 12.8. The summed E-state index contributed by atoms with van der Waals surface area (Å²) in [6.07, 6.45) is 0. The first-order valence-electron chi connectivity index (χ1n) is 10.3. The van der Waals surface area contributed by atoms with Crippen molar-refractivity contribution in [2.75, 3.05) is 31.7 Å². The number of amides is 2. The first-order valence-corrected chi connectivity index (χ1v) is 10.3. The number of Topliss-reactive ketones (excluding diaryl/α,β-unsaturated/α-hetero) is 1. The van der Waals surface area contributed by atoms with E-state index in [2.05, 4.69) is 0 Å². The molecule has 1 atom stereocenters. The number of ether oxygens (including phenoxy) is 2. The van der Waals surface area contributed by atoms with Crippen LogP contribution in [0.4, 0.5) is 5.69 Å². The summed E-state index contributed by atoms with van der Waals surface area (Å²) in [5.41, 5.74) is 2.87. The smallest absolute Gasteiger partial charge is 0.265 e. The zero-order valence-corrected chi connectivity index (χ0v) is 18.6. The second kappa shape index (κ2) is 9.20. The average Bonchev–Trinajstić information content (AvgIpc) is 2.76. The summed E-state index contributed by atoms with van der Waals surface area (Å²) in [4.78, 5) is 41.0. The van der Waals surface area contributed by atoms with Gasteiger partial charge < -0.3 is 14.4 Å². The van der Waals surface area contributed by atoms with Crippen LogP contribution in [0.15, 0.2) is 36.4 Å². The summed E-state index contributed by atoms with van der Waals surface area (Å²) in [6.45, 7) is 7.72. The minimum Gasteiger partial charge on any atom is -0.485 e. The normalized spacial score (nSPS) is 13.8. The van der Waals surface area contributed by atoms with Crippen molar-refractivity contribution in [1.82, 2.24) is 4.90 Å². The fourth-order valence-electron chi connectivity index (χ4n) is 3.54. The van der Waals surface area contributed by atoms with E-state index in [1.807, 2.05) is 39.0 Å². The Morgan fingerprint density at radius 3 is 2.61 bits per heavy atom. The molecular formula is C24H28N2O5. The van der Waals surface area contributed by atoms with Gasteiger partial charge in [-0.05, 0) is 57.5 Å². The average molecular weight is 424 g/mol. The van der Waals surface area contributed by atoms with E-state index in [9.17, 15) is 14.4 Å². The van der Waals surface area contributed by atoms with Gasteiger partial charge in [-0.3, -0.25) is 19.3 Å². The van der Waals surface area contributed by atoms with Crippen LogP contribution >= 0.6 is 0 Å². The van der Waals surface area contributed by atoms with Crippen LogP contribution in [0.1, 0.15) is 35.3 Å². The Kier molecular flexibility index (Phi) is 6.63. The van der Waals surface area contributed by atoms with Crippen molar-refractivity contribution in [3.63, 3.8) is 0 Å². The molecule has 1 aliphatic heterocycles. The standard InChI is InChI=1S/C24H28N2O5/c1-6-25(5)24(29)17(4)26-19-12-18(8-10-22(19)31-14-23(26)28)20(27)13-30-21-9-7-15(2)11-16(21)3/h7-12,17H,6,13-14H2,1-5H3. The summed E-state index contributed by atoms with van der Waals surface area (Å²) in [7, 11) is 1.69. The lowest BCUT2D eigenvalue weighted by Gasteiger charge is -2.35. The second-order valence-corrected chi connectivity index (χ2v) is 7.74. The van der Waals surface area contributed by atoms with Crippen LogP contribution in [-0.2, 0) is 9.59 Å². The molecule has 7 nitrogen and oxygen atoms in total. The lowest BCUT2D eigenvalue weighted by molar-refractivity contribution is -0.133. The van der Waals surface area contributed by atoms with Crippen molar-refractivity contribution in [2.24, 2.45) is 0 Å². The van der Waals surface area contributed by atoms with Gasteiger partial charge in [0.1, 0.15) is 17.5 Å². The van der Waals surface area contributed by atoms with Crippen molar-refractivity contribution >= 4 is 23.3 Å². The van der Waals surface area contributed by atoms with Crippen molar-refractivity contribution in [3.05, 3.63) is 53.1 Å². The molecule has 0 bridgehead atoms. The molecule has 0 radical (unpaired) electrons. The molecule has 3 rings (SSSR count). The Labute approximate surface area is 182 Å². The van der Waals surface area contributed by atoms with Crippen molar-refractivity contribution in [3.8, 4) is 11.5 Å². The van der Waals surface area contributed by atoms with Gasteiger partial charge in [0, 0.05) is 19.2 Å². The lowest BCUT2D eigenvalue weighted by atomic mass is 10.1. The number of likely N-dealkylation sites (N-methyl/N-ethyl adjacent to an activating group) is 1. The van der Waals surface area contributed by atoms with E-state index in [4.69, 9.17) is 9.47 Å². The number of anilines is 1. The molecule has 0 saturated heterocycles. The van der Waals surface area contributed by atoms with Crippen molar-refractivity contribution in [1.29, 1.82) is 0 Å². The maximum Gasteiger partial charge on any atom is 0.265 e. The highest BCUT2D eigenvalue weighted by Crippen LogP contribution is 2.35. The third kappa shape index (κ3) is 4.71. The maximum absolute atomic E-state index is 12.8. The Bertz CT molecular complexity index is 1020. The third-order valence-corrected chi connectivity index (χ3v) is 5.44. The van der Waals surface area contributed by atoms with Gasteiger partial charge in [0.05, 0.1) is 5.69 Å². The molecule has 2 aromatic rings. The highest BCUT2D eigenvalue weighted by molar-refractivity contribution is 6.05. The summed E-state index contributed by atoms with van der Waals surface area (Å²) >= 11 is 0. The van der Waals surface area contributed by atoms with E-state index in [0.29, 0.717) is 29.3 Å². The number of ketones is 1. The number of hydrogen-bond acceptors (Lipinski definition) is 5. The fraction of sp³-hybridized carbons (Fsp3) is 0.375. The highest BCUT2D eigenvalue weighted by Gasteiger charge is 2.34. The van der Waals surface area contributed by atoms with Gasteiger partial charge in [-0.15, -0.1) is 0 Å². The monoisotopic (exact) mass is 424 g/mol. The van der Waals surface area contributed by atoms with E-state index < -0.39 is 6.04 Å². The summed E-state index contributed by atoms with van der Waals surface area (Å²) < 4.78 is 11.2. The fourth-order valence-corrected chi connectivity index (χ4v) is 3.54. The third-order valence-electron chi connectivity index (χ3n) is 5.44. The van der Waals surface area contributed by atoms with E-state index in [1.165, 1.54) is 4.90 Å². The molecular weight excluding hydrogens is 396 g/mol. The van der Waals surface area contributed by atoms with E-state index in [0.717, 1.165) is 11.1 Å². The van der Waals surface area contributed by atoms with Crippen molar-refractivity contribution < 1.29 is 23.9 Å². The van der Waals surface area contributed by atoms with Crippen molar-refractivity contribution in [2.45, 2.75) is 33.7 Å². The minimum absolute atomic E-state index is 0.134. The first kappa shape index (κ1) is 22.3. The highest BCUT2D eigenvalue weighted by atomic mass is 16.5. The Morgan fingerprint density at radius 1 is 1.19 bits per heavy atom. The number of carbonyl (C=O) groups is 3. The molecule has 31 heavy (non-hydrogen) atoms. The number of hydrogen-bond donors (Lipinski definition) is 0. The summed E-state index contributed by atoms with van der Waals surface area (Å²) in [5, 5.41) is 0. The zero-order valence-electron chi connectivity index (χ0n) is 18.6. The van der Waals surface area contributed by atoms with Crippen LogP contribution in [0, 0.1) is 13.8 Å². The number of nitrogens with zero attached hydrogens (tertiary/aromatic N) is 2. The molecule has 0 aliphatic carbocycles. The van der Waals surface area contributed by atoms with Crippen LogP contribution in [0.2, 0.25) is 0 Å². The number of benzene rings is 2. The quantitative estimate of drug-likeness (QED) is 0.638. The Balaban J connectivity index is 1.83. The first-order chi connectivity index (χ1) is 14.7. The number of aryl methyl sites for hydroxylation is 2. The molecule has 0 aromatic heterocycles. The van der Waals surface area contributed by atoms with Crippen LogP contribution in [0.5, 0.6) is 11.5 Å². The number of rotatable bonds is 7. The summed E-state index contributed by atoms with van der Waals surface area (Å²) in [5.74, 6) is 0.377. The molecule has 164 valence electrons. The predicted molar refractivity (Wildman–Crippen MR) is 118 cm³/mol. The van der Waals surface area contributed by atoms with E-state index in [1.54, 1.807) is 37.1 Å². The van der Waals surface area contributed by atoms with Gasteiger partial charge in [-0.1, -0.05) is 17.7 Å². The molecule has 2 amide bonds. The molecule has 0 spiro atoms. The molecule has 0 fully saturated rings. The van der Waals surface area contributed by atoms with Crippen LogP contribution in [-0.4, -0.2) is 55.3 Å². The van der Waals surface area contributed by atoms with Crippen LogP contribution < -0.4 is 14.4 Å². The van der Waals surface area contributed by atoms with Crippen LogP contribution in [0.25, 0.3) is 0 Å². The predicted octanol–water partition coefficient (Wildman–Crippen LogP) is 3.16. The topological polar surface area (TPSA) is 76.2 Å². The summed E-state index contributed by atoms with van der Waals surface area (Å²) in [6, 6.07) is 9.94. The van der Waals surface area contributed by atoms with Gasteiger partial charge in [-0.2, -0.15) is 0 Å². The molecule has 0 N–H and O–H groups in total. The van der Waals surface area contributed by atoms with E-state index in [-0.39, 0.29) is 30.8 Å². The van der Waals surface area contributed by atoms with E-state index >= 15 is 0 Å². The SMILES string of the molecule is CCN(C)C(=O)C(C)N1C(=O)COc2ccc(C(=O)COc3ccc(C)cc3C)cc21. The number of fused-ring (bicyclic) bond motifs is 1. The molecule has 2 aromatic carbocycles. The van der Waals surface area contributed by atoms with Gasteiger partial charge >= 0.3 is 0 Å². The second-order valence-electron chi connectivity index (χ2n) is 7.74. The Morgan fingerprint density at radius 2 is 1.94 bits per heavy atom. The molecule has 0 saturated carbocycles. The molecule has 7 heteroatoms. The van der Waals surface area contributed by atoms with Gasteiger partial charge in [0.15, 0.2) is 19.0 Å². The lowest BCUT2D eigenvalue weighted by Crippen LogP contribution is -2.51. The zero-order chi connectivity index (χ0) is 22.7. The van der Waals surface area contributed by atoms with Gasteiger partial charge in [0.25, 0.3) is 5.91 Å². The van der Waals surface area contributed by atoms with Gasteiger partial charge in [-0.25, -0.2) is 0 Å². The minimum atomic E-state index is -0.711. The molecule has 1 heterocycles. The Hall–Kier alpha value is -3.35. The van der Waals surface area contributed by atoms with Crippen LogP contribution in [0.3, 0.4) is 0 Å².